The van der Waals surface area contributed by atoms with Gasteiger partial charge in [0.15, 0.2) is 0 Å². The second kappa shape index (κ2) is 14.6. The Morgan fingerprint density at radius 3 is 1.51 bits per heavy atom. The van der Waals surface area contributed by atoms with Gasteiger partial charge < -0.3 is 4.90 Å². The average Bonchev–Trinajstić information content (AvgIpc) is 3.31. The van der Waals surface area contributed by atoms with Gasteiger partial charge in [-0.2, -0.15) is 0 Å². The Balaban J connectivity index is 1.15. The third-order valence-electron chi connectivity index (χ3n) is 11.8. The Morgan fingerprint density at radius 1 is 0.220 bits per heavy atom. The smallest absolute Gasteiger partial charge is 0.0468 e. The normalized spacial score (nSPS) is 11.4. The SMILES string of the molecule is c1ccc(-c2c(-c3ccccc3)c3cc(N(c4ccc(-c5ccc6ccccc6c5)cc4)c4cccc(-c5cccc6ccccc56)c4)ccc3c3ccccc23)cc1. The van der Waals surface area contributed by atoms with Crippen LogP contribution in [0.5, 0.6) is 0 Å². The summed E-state index contributed by atoms with van der Waals surface area (Å²) in [6, 6.07) is 86.3. The van der Waals surface area contributed by atoms with E-state index in [0.29, 0.717) is 0 Å². The van der Waals surface area contributed by atoms with E-state index in [1.165, 1.54) is 87.6 Å². The first-order valence-corrected chi connectivity index (χ1v) is 20.3. The summed E-state index contributed by atoms with van der Waals surface area (Å²) in [7, 11) is 0. The fraction of sp³-hybridized carbons (Fsp3) is 0. The Bertz CT molecular complexity index is 3310. The Morgan fingerprint density at radius 2 is 0.746 bits per heavy atom. The maximum absolute atomic E-state index is 2.42. The predicted octanol–water partition coefficient (Wildman–Crippen LogP) is 16.4. The summed E-state index contributed by atoms with van der Waals surface area (Å²) in [5.41, 5.74) is 13.0. The first kappa shape index (κ1) is 34.5. The van der Waals surface area contributed by atoms with Crippen LogP contribution in [0, 0.1) is 0 Å². The van der Waals surface area contributed by atoms with Gasteiger partial charge in [-0.3, -0.25) is 0 Å². The highest BCUT2D eigenvalue weighted by Gasteiger charge is 2.21. The topological polar surface area (TPSA) is 3.24 Å². The maximum Gasteiger partial charge on any atom is 0.0468 e. The van der Waals surface area contributed by atoms with E-state index in [1.54, 1.807) is 0 Å². The van der Waals surface area contributed by atoms with Gasteiger partial charge in [-0.15, -0.1) is 0 Å². The molecule has 0 fully saturated rings. The molecular weight excluding hydrogens is 711 g/mol. The third kappa shape index (κ3) is 6.21. The summed E-state index contributed by atoms with van der Waals surface area (Å²) >= 11 is 0. The number of hydrogen-bond acceptors (Lipinski definition) is 1. The van der Waals surface area contributed by atoms with Gasteiger partial charge in [-0.05, 0) is 130 Å². The van der Waals surface area contributed by atoms with E-state index < -0.39 is 0 Å². The molecule has 11 aromatic carbocycles. The molecule has 0 radical (unpaired) electrons. The minimum absolute atomic E-state index is 1.09. The molecule has 0 N–H and O–H groups in total. The molecule has 0 atom stereocenters. The van der Waals surface area contributed by atoms with Gasteiger partial charge in [0.25, 0.3) is 0 Å². The minimum Gasteiger partial charge on any atom is -0.310 e. The fourth-order valence-corrected chi connectivity index (χ4v) is 9.04. The van der Waals surface area contributed by atoms with Crippen LogP contribution in [0.1, 0.15) is 0 Å². The molecule has 0 saturated carbocycles. The van der Waals surface area contributed by atoms with Crippen LogP contribution in [-0.2, 0) is 0 Å². The molecule has 0 unspecified atom stereocenters. The van der Waals surface area contributed by atoms with E-state index in [9.17, 15) is 0 Å². The molecule has 276 valence electrons. The Kier molecular flexibility index (Phi) is 8.56. The number of hydrogen-bond donors (Lipinski definition) is 0. The van der Waals surface area contributed by atoms with Gasteiger partial charge in [-0.1, -0.05) is 194 Å². The first-order chi connectivity index (χ1) is 29.3. The van der Waals surface area contributed by atoms with E-state index in [4.69, 9.17) is 0 Å². The van der Waals surface area contributed by atoms with E-state index >= 15 is 0 Å². The van der Waals surface area contributed by atoms with Gasteiger partial charge in [0, 0.05) is 17.1 Å². The van der Waals surface area contributed by atoms with Gasteiger partial charge in [0.1, 0.15) is 0 Å². The Labute approximate surface area is 344 Å². The van der Waals surface area contributed by atoms with Gasteiger partial charge in [0.05, 0.1) is 0 Å². The van der Waals surface area contributed by atoms with Crippen LogP contribution in [0.3, 0.4) is 0 Å². The molecule has 11 aromatic rings. The molecule has 0 amide bonds. The molecule has 0 heterocycles. The molecular formula is C58H39N. The Hall–Kier alpha value is -7.74. The van der Waals surface area contributed by atoms with Crippen LogP contribution in [0.15, 0.2) is 237 Å². The molecule has 0 saturated heterocycles. The van der Waals surface area contributed by atoms with Gasteiger partial charge in [-0.25, -0.2) is 0 Å². The lowest BCUT2D eigenvalue weighted by molar-refractivity contribution is 1.29. The van der Waals surface area contributed by atoms with Crippen LogP contribution in [0.25, 0.3) is 87.6 Å². The lowest BCUT2D eigenvalue weighted by Gasteiger charge is -2.27. The molecule has 0 aliphatic carbocycles. The highest BCUT2D eigenvalue weighted by molar-refractivity contribution is 6.22. The quantitative estimate of drug-likeness (QED) is 0.147. The van der Waals surface area contributed by atoms with Crippen molar-refractivity contribution in [2.45, 2.75) is 0 Å². The zero-order chi connectivity index (χ0) is 39.1. The summed E-state index contributed by atoms with van der Waals surface area (Å²) in [5, 5.41) is 9.93. The van der Waals surface area contributed by atoms with Crippen molar-refractivity contribution in [3.63, 3.8) is 0 Å². The zero-order valence-electron chi connectivity index (χ0n) is 32.5. The van der Waals surface area contributed by atoms with Crippen molar-refractivity contribution in [1.82, 2.24) is 0 Å². The molecule has 0 aromatic heterocycles. The largest absolute Gasteiger partial charge is 0.310 e. The molecule has 0 aliphatic heterocycles. The van der Waals surface area contributed by atoms with Crippen molar-refractivity contribution in [3.05, 3.63) is 237 Å². The summed E-state index contributed by atoms with van der Waals surface area (Å²) in [4.78, 5) is 2.42. The maximum atomic E-state index is 2.42. The molecule has 0 spiro atoms. The van der Waals surface area contributed by atoms with Crippen LogP contribution >= 0.6 is 0 Å². The molecule has 0 bridgehead atoms. The zero-order valence-corrected chi connectivity index (χ0v) is 32.5. The average molecular weight is 750 g/mol. The standard InChI is InChI=1S/C58H39N/c1-3-17-43(18-4-1)57-55-27-12-11-26-53(55)54-36-35-50(39-56(54)58(57)44-19-5-2-6-20-44)59(48-33-31-41(32-34-48)46-30-29-40-15-7-8-21-45(40)37-46)49-24-13-23-47(38-49)52-28-14-22-42-16-9-10-25-51(42)52/h1-39H. The van der Waals surface area contributed by atoms with Gasteiger partial charge in [0.2, 0.25) is 0 Å². The van der Waals surface area contributed by atoms with E-state index in [-0.39, 0.29) is 0 Å². The highest BCUT2D eigenvalue weighted by Crippen LogP contribution is 2.47. The molecule has 59 heavy (non-hydrogen) atoms. The first-order valence-electron chi connectivity index (χ1n) is 20.3. The van der Waals surface area contributed by atoms with Crippen molar-refractivity contribution < 1.29 is 0 Å². The fourth-order valence-electron chi connectivity index (χ4n) is 9.04. The van der Waals surface area contributed by atoms with Crippen molar-refractivity contribution in [2.24, 2.45) is 0 Å². The summed E-state index contributed by atoms with van der Waals surface area (Å²) in [5.74, 6) is 0. The second-order valence-corrected chi connectivity index (χ2v) is 15.3. The summed E-state index contributed by atoms with van der Waals surface area (Å²) in [6.07, 6.45) is 0. The van der Waals surface area contributed by atoms with E-state index in [0.717, 1.165) is 17.1 Å². The monoisotopic (exact) mass is 749 g/mol. The van der Waals surface area contributed by atoms with Gasteiger partial charge >= 0.3 is 0 Å². The number of rotatable bonds is 7. The summed E-state index contributed by atoms with van der Waals surface area (Å²) < 4.78 is 0. The van der Waals surface area contributed by atoms with Crippen LogP contribution in [-0.4, -0.2) is 0 Å². The minimum atomic E-state index is 1.09. The highest BCUT2D eigenvalue weighted by atomic mass is 15.1. The van der Waals surface area contributed by atoms with E-state index in [2.05, 4.69) is 241 Å². The number of fused-ring (bicyclic) bond motifs is 5. The third-order valence-corrected chi connectivity index (χ3v) is 11.8. The molecule has 0 aliphatic rings. The molecule has 1 heteroatoms. The number of nitrogens with zero attached hydrogens (tertiary/aromatic N) is 1. The van der Waals surface area contributed by atoms with Crippen LogP contribution in [0.2, 0.25) is 0 Å². The van der Waals surface area contributed by atoms with Crippen molar-refractivity contribution in [3.8, 4) is 44.5 Å². The molecule has 1 nitrogen and oxygen atoms in total. The number of anilines is 3. The van der Waals surface area contributed by atoms with Crippen LogP contribution < -0.4 is 4.90 Å². The van der Waals surface area contributed by atoms with Crippen molar-refractivity contribution in [2.75, 3.05) is 4.90 Å². The summed E-state index contributed by atoms with van der Waals surface area (Å²) in [6.45, 7) is 0. The van der Waals surface area contributed by atoms with Crippen molar-refractivity contribution in [1.29, 1.82) is 0 Å². The lowest BCUT2D eigenvalue weighted by atomic mass is 9.85. The van der Waals surface area contributed by atoms with Crippen molar-refractivity contribution >= 4 is 60.2 Å². The molecule has 11 rings (SSSR count). The second-order valence-electron chi connectivity index (χ2n) is 15.3. The van der Waals surface area contributed by atoms with Crippen LogP contribution in [0.4, 0.5) is 17.1 Å². The lowest BCUT2D eigenvalue weighted by Crippen LogP contribution is -2.10. The number of benzene rings is 11. The van der Waals surface area contributed by atoms with E-state index in [1.807, 2.05) is 0 Å². The predicted molar refractivity (Wildman–Crippen MR) is 253 cm³/mol.